The Morgan fingerprint density at radius 2 is 1.11 bits per heavy atom. The molecule has 11 nitrogen and oxygen atoms in total. The molecule has 12 heteroatoms. The Morgan fingerprint density at radius 1 is 0.659 bits per heavy atom. The molecule has 4 unspecified atom stereocenters. The van der Waals surface area contributed by atoms with Crippen LogP contribution in [0.2, 0.25) is 0 Å². The first-order valence-corrected chi connectivity index (χ1v) is 15.4. The van der Waals surface area contributed by atoms with Crippen LogP contribution in [-0.2, 0) is 38.4 Å². The van der Waals surface area contributed by atoms with Gasteiger partial charge in [0.15, 0.2) is 0 Å². The number of carbonyl (C=O) groups is 4. The number of phenolic OH excluding ortho intramolecular Hbond substituents is 2. The Bertz CT molecular complexity index is 1390. The maximum atomic E-state index is 13.5. The van der Waals surface area contributed by atoms with Crippen molar-refractivity contribution in [3.8, 4) is 11.5 Å². The van der Waals surface area contributed by atoms with Gasteiger partial charge in [0, 0.05) is 12.8 Å². The number of benzene rings is 3. The van der Waals surface area contributed by atoms with E-state index >= 15 is 0 Å². The summed E-state index contributed by atoms with van der Waals surface area (Å²) in [6.07, 6.45) is 2.34. The fraction of sp³-hybridized carbons (Fsp3) is 0.312. The Labute approximate surface area is 260 Å². The van der Waals surface area contributed by atoms with Crippen molar-refractivity contribution in [3.63, 3.8) is 0 Å². The fourth-order valence-electron chi connectivity index (χ4n) is 4.43. The lowest BCUT2D eigenvalue weighted by Gasteiger charge is -2.25. The molecular weight excluding hydrogens is 584 g/mol. The number of aromatic hydroxyl groups is 2. The van der Waals surface area contributed by atoms with Crippen LogP contribution in [0.3, 0.4) is 0 Å². The van der Waals surface area contributed by atoms with Crippen LogP contribution in [-0.4, -0.2) is 75.2 Å². The van der Waals surface area contributed by atoms with Gasteiger partial charge in [0.25, 0.3) is 0 Å². The highest BCUT2D eigenvalue weighted by atomic mass is 32.2. The van der Waals surface area contributed by atoms with Gasteiger partial charge in [-0.05, 0) is 65.8 Å². The maximum Gasteiger partial charge on any atom is 0.326 e. The molecule has 0 aliphatic rings. The van der Waals surface area contributed by atoms with E-state index in [2.05, 4.69) is 16.0 Å². The first-order valence-electron chi connectivity index (χ1n) is 14.0. The van der Waals surface area contributed by atoms with Gasteiger partial charge in [-0.15, -0.1) is 0 Å². The lowest BCUT2D eigenvalue weighted by atomic mass is 10.0. The van der Waals surface area contributed by atoms with E-state index in [0.29, 0.717) is 11.3 Å². The number of nitrogens with one attached hydrogen (secondary N) is 3. The van der Waals surface area contributed by atoms with Crippen LogP contribution in [0.15, 0.2) is 78.9 Å². The fourth-order valence-corrected chi connectivity index (χ4v) is 4.90. The summed E-state index contributed by atoms with van der Waals surface area (Å²) in [5.41, 5.74) is 8.18. The molecule has 0 aliphatic heterocycles. The molecule has 44 heavy (non-hydrogen) atoms. The number of aliphatic carboxylic acids is 1. The van der Waals surface area contributed by atoms with Crippen molar-refractivity contribution in [1.29, 1.82) is 0 Å². The molecule has 3 rings (SSSR count). The standard InChI is InChI=1S/C32H38N4O7S/c1-44-16-15-26(34-29(39)25(33)17-21-7-11-23(37)12-8-21)30(40)35-27(18-20-5-3-2-4-6-20)31(41)36-28(32(42)43)19-22-9-13-24(38)14-10-22/h2-14,25-28,37-38H,15-19,33H2,1H3,(H,34,39)(H,35,40)(H,36,41)(H,42,43). The number of amides is 3. The number of carboxylic acids is 1. The lowest BCUT2D eigenvalue weighted by molar-refractivity contribution is -0.142. The van der Waals surface area contributed by atoms with Crippen LogP contribution < -0.4 is 21.7 Å². The average Bonchev–Trinajstić information content (AvgIpc) is 3.00. The molecule has 0 fully saturated rings. The zero-order valence-electron chi connectivity index (χ0n) is 24.3. The molecule has 0 spiro atoms. The number of hydrogen-bond acceptors (Lipinski definition) is 8. The topological polar surface area (TPSA) is 191 Å². The quantitative estimate of drug-likeness (QED) is 0.125. The Balaban J connectivity index is 1.75. The van der Waals surface area contributed by atoms with Gasteiger partial charge in [-0.3, -0.25) is 14.4 Å². The second-order valence-electron chi connectivity index (χ2n) is 10.3. The summed E-state index contributed by atoms with van der Waals surface area (Å²) in [5, 5.41) is 36.8. The van der Waals surface area contributed by atoms with E-state index in [1.165, 1.54) is 36.0 Å². The molecule has 234 valence electrons. The average molecular weight is 623 g/mol. The smallest absolute Gasteiger partial charge is 0.326 e. The van der Waals surface area contributed by atoms with E-state index < -0.39 is 47.9 Å². The van der Waals surface area contributed by atoms with E-state index in [9.17, 15) is 34.5 Å². The molecule has 3 amide bonds. The van der Waals surface area contributed by atoms with Gasteiger partial charge >= 0.3 is 5.97 Å². The third-order valence-electron chi connectivity index (χ3n) is 6.88. The molecule has 4 atom stereocenters. The second-order valence-corrected chi connectivity index (χ2v) is 11.3. The van der Waals surface area contributed by atoms with E-state index in [-0.39, 0.29) is 37.2 Å². The van der Waals surface area contributed by atoms with Crippen molar-refractivity contribution in [2.24, 2.45) is 5.73 Å². The van der Waals surface area contributed by atoms with Gasteiger partial charge in [0.1, 0.15) is 29.6 Å². The summed E-state index contributed by atoms with van der Waals surface area (Å²) in [6, 6.07) is 16.8. The third kappa shape index (κ3) is 10.9. The summed E-state index contributed by atoms with van der Waals surface area (Å²) in [5.74, 6) is -2.47. The zero-order chi connectivity index (χ0) is 32.1. The van der Waals surface area contributed by atoms with Crippen molar-refractivity contribution in [2.45, 2.75) is 49.9 Å². The maximum absolute atomic E-state index is 13.5. The third-order valence-corrected chi connectivity index (χ3v) is 7.52. The minimum Gasteiger partial charge on any atom is -0.508 e. The molecule has 0 heterocycles. The van der Waals surface area contributed by atoms with Crippen LogP contribution in [0.25, 0.3) is 0 Å². The van der Waals surface area contributed by atoms with E-state index in [4.69, 9.17) is 5.73 Å². The Hall–Kier alpha value is -4.55. The highest BCUT2D eigenvalue weighted by Crippen LogP contribution is 2.13. The number of hydrogen-bond donors (Lipinski definition) is 7. The summed E-state index contributed by atoms with van der Waals surface area (Å²) in [7, 11) is 0. The van der Waals surface area contributed by atoms with Crippen LogP contribution in [0.5, 0.6) is 11.5 Å². The summed E-state index contributed by atoms with van der Waals surface area (Å²) < 4.78 is 0. The number of thioether (sulfide) groups is 1. The van der Waals surface area contributed by atoms with Gasteiger partial charge in [-0.2, -0.15) is 11.8 Å². The van der Waals surface area contributed by atoms with Gasteiger partial charge in [-0.25, -0.2) is 4.79 Å². The van der Waals surface area contributed by atoms with E-state index in [1.807, 2.05) is 12.3 Å². The normalized spacial score (nSPS) is 13.6. The first kappa shape index (κ1) is 33.9. The van der Waals surface area contributed by atoms with Crippen LogP contribution in [0, 0.1) is 0 Å². The van der Waals surface area contributed by atoms with Crippen molar-refractivity contribution < 1.29 is 34.5 Å². The number of carboxylic acid groups (broad SMARTS) is 1. The van der Waals surface area contributed by atoms with Crippen molar-refractivity contribution in [3.05, 3.63) is 95.6 Å². The van der Waals surface area contributed by atoms with Crippen LogP contribution >= 0.6 is 11.8 Å². The summed E-state index contributed by atoms with van der Waals surface area (Å²) in [6.45, 7) is 0. The Morgan fingerprint density at radius 3 is 1.66 bits per heavy atom. The zero-order valence-corrected chi connectivity index (χ0v) is 25.1. The number of carbonyl (C=O) groups excluding carboxylic acids is 3. The SMILES string of the molecule is CSCCC(NC(=O)C(N)Cc1ccc(O)cc1)C(=O)NC(Cc1ccccc1)C(=O)NC(Cc1ccc(O)cc1)C(=O)O. The van der Waals surface area contributed by atoms with Crippen molar-refractivity contribution >= 4 is 35.5 Å². The molecule has 0 radical (unpaired) electrons. The molecule has 3 aromatic rings. The molecule has 0 aliphatic carbocycles. The highest BCUT2D eigenvalue weighted by molar-refractivity contribution is 7.98. The van der Waals surface area contributed by atoms with E-state index in [1.54, 1.807) is 48.5 Å². The predicted octanol–water partition coefficient (Wildman–Crippen LogP) is 1.75. The second kappa shape index (κ2) is 16.9. The summed E-state index contributed by atoms with van der Waals surface area (Å²) >= 11 is 1.48. The molecule has 0 aromatic heterocycles. The van der Waals surface area contributed by atoms with E-state index in [0.717, 1.165) is 11.1 Å². The van der Waals surface area contributed by atoms with Gasteiger partial charge in [0.05, 0.1) is 6.04 Å². The number of rotatable bonds is 16. The number of phenols is 2. The molecule has 0 saturated carbocycles. The van der Waals surface area contributed by atoms with Crippen LogP contribution in [0.4, 0.5) is 0 Å². The first-order chi connectivity index (χ1) is 21.0. The van der Waals surface area contributed by atoms with Gasteiger partial charge in [0.2, 0.25) is 17.7 Å². The lowest BCUT2D eigenvalue weighted by Crippen LogP contribution is -2.58. The largest absolute Gasteiger partial charge is 0.508 e. The molecule has 0 bridgehead atoms. The van der Waals surface area contributed by atoms with Crippen molar-refractivity contribution in [2.75, 3.05) is 12.0 Å². The molecule has 8 N–H and O–H groups in total. The van der Waals surface area contributed by atoms with Crippen LogP contribution in [0.1, 0.15) is 23.1 Å². The summed E-state index contributed by atoms with van der Waals surface area (Å²) in [4.78, 5) is 52.0. The molecular formula is C32H38N4O7S. The highest BCUT2D eigenvalue weighted by Gasteiger charge is 2.30. The Kier molecular flexibility index (Phi) is 13.1. The minimum atomic E-state index is -1.30. The number of nitrogens with two attached hydrogens (primary N) is 1. The predicted molar refractivity (Wildman–Crippen MR) is 168 cm³/mol. The van der Waals surface area contributed by atoms with Gasteiger partial charge < -0.3 is 37.0 Å². The molecule has 3 aromatic carbocycles. The van der Waals surface area contributed by atoms with Gasteiger partial charge in [-0.1, -0.05) is 54.6 Å². The van der Waals surface area contributed by atoms with Crippen molar-refractivity contribution in [1.82, 2.24) is 16.0 Å². The minimum absolute atomic E-state index is 0.0275. The monoisotopic (exact) mass is 622 g/mol. The molecule has 0 saturated heterocycles.